The lowest BCUT2D eigenvalue weighted by Gasteiger charge is -2.38. The molecule has 1 unspecified atom stereocenters. The SMILES string of the molecule is FC(CN1CCC(N2CCc3ccc(Br)cc32)CC1)c1ccccc1. The van der Waals surface area contributed by atoms with Gasteiger partial charge in [-0.3, -0.25) is 4.90 Å². The molecule has 0 aliphatic carbocycles. The van der Waals surface area contributed by atoms with Crippen molar-refractivity contribution in [2.75, 3.05) is 31.1 Å². The fraction of sp³-hybridized carbons (Fsp3) is 0.429. The number of fused-ring (bicyclic) bond motifs is 1. The Hall–Kier alpha value is -1.39. The number of nitrogens with zero attached hydrogens (tertiary/aromatic N) is 2. The van der Waals surface area contributed by atoms with Crippen LogP contribution in [0.4, 0.5) is 10.1 Å². The van der Waals surface area contributed by atoms with Crippen molar-refractivity contribution in [3.8, 4) is 0 Å². The molecule has 0 spiro atoms. The third-order valence-electron chi connectivity index (χ3n) is 5.56. The Kier molecular flexibility index (Phi) is 5.09. The normalized spacial score (nSPS) is 19.8. The van der Waals surface area contributed by atoms with Crippen molar-refractivity contribution in [1.29, 1.82) is 0 Å². The zero-order chi connectivity index (χ0) is 17.2. The molecule has 2 aromatic carbocycles. The Labute approximate surface area is 157 Å². The lowest BCUT2D eigenvalue weighted by Crippen LogP contribution is -2.45. The first-order valence-corrected chi connectivity index (χ1v) is 9.96. The van der Waals surface area contributed by atoms with Gasteiger partial charge in [0.15, 0.2) is 0 Å². The van der Waals surface area contributed by atoms with E-state index in [9.17, 15) is 4.39 Å². The van der Waals surface area contributed by atoms with E-state index < -0.39 is 6.17 Å². The monoisotopic (exact) mass is 402 g/mol. The van der Waals surface area contributed by atoms with Gasteiger partial charge in [-0.25, -0.2) is 4.39 Å². The highest BCUT2D eigenvalue weighted by Crippen LogP contribution is 2.35. The maximum Gasteiger partial charge on any atom is 0.138 e. The quantitative estimate of drug-likeness (QED) is 0.710. The van der Waals surface area contributed by atoms with Crippen LogP contribution in [-0.2, 0) is 6.42 Å². The second-order valence-electron chi connectivity index (χ2n) is 7.13. The van der Waals surface area contributed by atoms with Gasteiger partial charge in [0.05, 0.1) is 0 Å². The van der Waals surface area contributed by atoms with E-state index in [-0.39, 0.29) is 0 Å². The van der Waals surface area contributed by atoms with Crippen LogP contribution in [0.3, 0.4) is 0 Å². The molecule has 0 saturated carbocycles. The molecule has 2 aliphatic heterocycles. The van der Waals surface area contributed by atoms with Crippen LogP contribution in [0, 0.1) is 0 Å². The topological polar surface area (TPSA) is 6.48 Å². The highest BCUT2D eigenvalue weighted by molar-refractivity contribution is 9.10. The Morgan fingerprint density at radius 2 is 1.80 bits per heavy atom. The Bertz CT molecular complexity index is 713. The standard InChI is InChI=1S/C21H24BrFN2/c22-18-7-6-17-8-13-25(21(17)14-18)19-9-11-24(12-10-19)15-20(23)16-4-2-1-3-5-16/h1-7,14,19-20H,8-13,15H2. The predicted molar refractivity (Wildman–Crippen MR) is 105 cm³/mol. The summed E-state index contributed by atoms with van der Waals surface area (Å²) < 4.78 is 15.7. The summed E-state index contributed by atoms with van der Waals surface area (Å²) in [6.07, 6.45) is 2.49. The number of piperidine rings is 1. The van der Waals surface area contributed by atoms with Gasteiger partial charge in [0.25, 0.3) is 0 Å². The fourth-order valence-corrected chi connectivity index (χ4v) is 4.51. The minimum atomic E-state index is -0.888. The summed E-state index contributed by atoms with van der Waals surface area (Å²) in [6, 6.07) is 16.7. The van der Waals surface area contributed by atoms with Gasteiger partial charge in [0.1, 0.15) is 6.17 Å². The molecule has 25 heavy (non-hydrogen) atoms. The number of alkyl halides is 1. The van der Waals surface area contributed by atoms with E-state index in [1.807, 2.05) is 30.3 Å². The molecule has 1 fully saturated rings. The predicted octanol–water partition coefficient (Wildman–Crippen LogP) is 4.99. The van der Waals surface area contributed by atoms with Crippen LogP contribution >= 0.6 is 15.9 Å². The third kappa shape index (κ3) is 3.75. The zero-order valence-electron chi connectivity index (χ0n) is 14.4. The molecule has 0 radical (unpaired) electrons. The van der Waals surface area contributed by atoms with E-state index in [0.717, 1.165) is 48.9 Å². The summed E-state index contributed by atoms with van der Waals surface area (Å²) in [4.78, 5) is 4.85. The molecule has 0 amide bonds. The number of halogens is 2. The highest BCUT2D eigenvalue weighted by Gasteiger charge is 2.30. The average Bonchev–Trinajstić information content (AvgIpc) is 3.06. The molecule has 0 aromatic heterocycles. The van der Waals surface area contributed by atoms with Gasteiger partial charge >= 0.3 is 0 Å². The zero-order valence-corrected chi connectivity index (χ0v) is 16.0. The Morgan fingerprint density at radius 1 is 1.04 bits per heavy atom. The maximum atomic E-state index is 14.5. The van der Waals surface area contributed by atoms with Gasteiger partial charge in [0.2, 0.25) is 0 Å². The van der Waals surface area contributed by atoms with E-state index in [2.05, 4.69) is 43.9 Å². The summed E-state index contributed by atoms with van der Waals surface area (Å²) in [6.45, 7) is 3.60. The average molecular weight is 403 g/mol. The van der Waals surface area contributed by atoms with Gasteiger partial charge < -0.3 is 4.90 Å². The number of rotatable bonds is 4. The number of hydrogen-bond donors (Lipinski definition) is 0. The molecule has 1 saturated heterocycles. The smallest absolute Gasteiger partial charge is 0.138 e. The summed E-state index contributed by atoms with van der Waals surface area (Å²) >= 11 is 3.60. The van der Waals surface area contributed by atoms with E-state index in [1.54, 1.807) is 0 Å². The van der Waals surface area contributed by atoms with Gasteiger partial charge in [-0.1, -0.05) is 52.3 Å². The molecular weight excluding hydrogens is 379 g/mol. The lowest BCUT2D eigenvalue weighted by atomic mass is 10.0. The van der Waals surface area contributed by atoms with Crippen molar-refractivity contribution in [1.82, 2.24) is 4.90 Å². The molecule has 0 N–H and O–H groups in total. The molecule has 4 rings (SSSR count). The minimum absolute atomic E-state index is 0.513. The van der Waals surface area contributed by atoms with Gasteiger partial charge in [-0.2, -0.15) is 0 Å². The second kappa shape index (κ2) is 7.46. The van der Waals surface area contributed by atoms with Crippen molar-refractivity contribution >= 4 is 21.6 Å². The minimum Gasteiger partial charge on any atom is -0.368 e. The van der Waals surface area contributed by atoms with E-state index in [1.165, 1.54) is 11.3 Å². The van der Waals surface area contributed by atoms with Crippen LogP contribution in [0.25, 0.3) is 0 Å². The van der Waals surface area contributed by atoms with E-state index in [4.69, 9.17) is 0 Å². The molecule has 4 heteroatoms. The van der Waals surface area contributed by atoms with Gasteiger partial charge in [-0.05, 0) is 42.5 Å². The van der Waals surface area contributed by atoms with Crippen molar-refractivity contribution in [3.63, 3.8) is 0 Å². The molecule has 0 bridgehead atoms. The van der Waals surface area contributed by atoms with Crippen molar-refractivity contribution in [2.24, 2.45) is 0 Å². The molecule has 2 nitrogen and oxygen atoms in total. The van der Waals surface area contributed by atoms with Crippen molar-refractivity contribution in [3.05, 3.63) is 64.1 Å². The summed E-state index contributed by atoms with van der Waals surface area (Å²) in [5.74, 6) is 0. The van der Waals surface area contributed by atoms with Crippen LogP contribution in [0.5, 0.6) is 0 Å². The first-order valence-electron chi connectivity index (χ1n) is 9.17. The van der Waals surface area contributed by atoms with E-state index >= 15 is 0 Å². The number of hydrogen-bond acceptors (Lipinski definition) is 2. The van der Waals surface area contributed by atoms with Crippen molar-refractivity contribution < 1.29 is 4.39 Å². The lowest BCUT2D eigenvalue weighted by molar-refractivity contribution is 0.157. The summed E-state index contributed by atoms with van der Waals surface area (Å²) in [5, 5.41) is 0. The van der Waals surface area contributed by atoms with Crippen LogP contribution in [0.15, 0.2) is 53.0 Å². The van der Waals surface area contributed by atoms with Crippen LogP contribution in [0.2, 0.25) is 0 Å². The van der Waals surface area contributed by atoms with Crippen LogP contribution in [-0.4, -0.2) is 37.1 Å². The van der Waals surface area contributed by atoms with Crippen molar-refractivity contribution in [2.45, 2.75) is 31.5 Å². The number of likely N-dealkylation sites (tertiary alicyclic amines) is 1. The van der Waals surface area contributed by atoms with Gasteiger partial charge in [-0.15, -0.1) is 0 Å². The Balaban J connectivity index is 1.34. The fourth-order valence-electron chi connectivity index (χ4n) is 4.16. The molecule has 2 aromatic rings. The molecule has 1 atom stereocenters. The van der Waals surface area contributed by atoms with Crippen LogP contribution in [0.1, 0.15) is 30.1 Å². The Morgan fingerprint density at radius 3 is 2.56 bits per heavy atom. The first kappa shape index (κ1) is 17.0. The largest absolute Gasteiger partial charge is 0.368 e. The number of benzene rings is 2. The second-order valence-corrected chi connectivity index (χ2v) is 8.04. The third-order valence-corrected chi connectivity index (χ3v) is 6.05. The molecular formula is C21H24BrFN2. The molecule has 132 valence electrons. The number of anilines is 1. The highest BCUT2D eigenvalue weighted by atomic mass is 79.9. The maximum absolute atomic E-state index is 14.5. The van der Waals surface area contributed by atoms with E-state index in [0.29, 0.717) is 12.6 Å². The first-order chi connectivity index (χ1) is 12.2. The van der Waals surface area contributed by atoms with Crippen LogP contribution < -0.4 is 4.90 Å². The molecule has 2 heterocycles. The molecule has 2 aliphatic rings. The summed E-state index contributed by atoms with van der Waals surface area (Å²) in [7, 11) is 0. The summed E-state index contributed by atoms with van der Waals surface area (Å²) in [5.41, 5.74) is 3.64. The van der Waals surface area contributed by atoms with Gasteiger partial charge in [0, 0.05) is 42.4 Å².